The standard InChI is InChI=1S/C10H8ClNO.C2H6/c11-6-7-3-4-9(13)10-8(7)2-1-5-12-10;1-2/h1-5,13H,6H2;1-2H3. The first kappa shape index (κ1) is 11.8. The van der Waals surface area contributed by atoms with Crippen LogP contribution in [0.2, 0.25) is 0 Å². The highest BCUT2D eigenvalue weighted by atomic mass is 35.5. The van der Waals surface area contributed by atoms with Crippen molar-refractivity contribution in [1.29, 1.82) is 0 Å². The van der Waals surface area contributed by atoms with Gasteiger partial charge in [0.25, 0.3) is 0 Å². The van der Waals surface area contributed by atoms with E-state index in [1.165, 1.54) is 0 Å². The number of phenolic OH excluding ortho intramolecular Hbond substituents is 1. The Kier molecular flexibility index (Phi) is 4.37. The van der Waals surface area contributed by atoms with Crippen LogP contribution < -0.4 is 0 Å². The summed E-state index contributed by atoms with van der Waals surface area (Å²) >= 11 is 5.75. The molecule has 0 fully saturated rings. The van der Waals surface area contributed by atoms with Crippen molar-refractivity contribution in [1.82, 2.24) is 4.98 Å². The molecule has 15 heavy (non-hydrogen) atoms. The molecule has 2 nitrogen and oxygen atoms in total. The van der Waals surface area contributed by atoms with Gasteiger partial charge in [-0.15, -0.1) is 11.6 Å². The number of nitrogens with zero attached hydrogens (tertiary/aromatic N) is 1. The second-order valence-electron chi connectivity index (χ2n) is 2.78. The van der Waals surface area contributed by atoms with Crippen LogP contribution in [0, 0.1) is 0 Å². The number of halogens is 1. The lowest BCUT2D eigenvalue weighted by Gasteiger charge is -2.03. The van der Waals surface area contributed by atoms with E-state index in [9.17, 15) is 5.11 Å². The lowest BCUT2D eigenvalue weighted by atomic mass is 10.1. The molecule has 0 aliphatic rings. The maximum Gasteiger partial charge on any atom is 0.141 e. The third kappa shape index (κ3) is 2.39. The molecule has 1 aromatic carbocycles. The first-order chi connectivity index (χ1) is 7.33. The molecule has 0 saturated heterocycles. The Morgan fingerprint density at radius 2 is 2.00 bits per heavy atom. The Balaban J connectivity index is 0.000000531. The quantitative estimate of drug-likeness (QED) is 0.748. The van der Waals surface area contributed by atoms with Crippen molar-refractivity contribution in [3.05, 3.63) is 36.0 Å². The van der Waals surface area contributed by atoms with Crippen LogP contribution in [0.3, 0.4) is 0 Å². The van der Waals surface area contributed by atoms with Gasteiger partial charge in [-0.3, -0.25) is 4.98 Å². The Hall–Kier alpha value is -1.28. The summed E-state index contributed by atoms with van der Waals surface area (Å²) in [5.41, 5.74) is 1.60. The monoisotopic (exact) mass is 223 g/mol. The number of aromatic hydroxyl groups is 1. The van der Waals surface area contributed by atoms with Gasteiger partial charge in [0, 0.05) is 17.5 Å². The van der Waals surface area contributed by atoms with E-state index in [2.05, 4.69) is 4.98 Å². The van der Waals surface area contributed by atoms with Crippen LogP contribution in [-0.4, -0.2) is 10.1 Å². The minimum atomic E-state index is 0.199. The highest BCUT2D eigenvalue weighted by Crippen LogP contribution is 2.26. The van der Waals surface area contributed by atoms with Crippen LogP contribution in [0.5, 0.6) is 5.75 Å². The third-order valence-corrected chi connectivity index (χ3v) is 2.27. The Labute approximate surface area is 94.5 Å². The van der Waals surface area contributed by atoms with Gasteiger partial charge < -0.3 is 5.11 Å². The van der Waals surface area contributed by atoms with E-state index >= 15 is 0 Å². The average molecular weight is 224 g/mol. The van der Waals surface area contributed by atoms with Crippen molar-refractivity contribution in [2.45, 2.75) is 19.7 Å². The summed E-state index contributed by atoms with van der Waals surface area (Å²) in [7, 11) is 0. The molecule has 0 aliphatic heterocycles. The molecular weight excluding hydrogens is 210 g/mol. The van der Waals surface area contributed by atoms with E-state index < -0.39 is 0 Å². The number of rotatable bonds is 1. The smallest absolute Gasteiger partial charge is 0.141 e. The number of fused-ring (bicyclic) bond motifs is 1. The molecular formula is C12H14ClNO. The predicted molar refractivity (Wildman–Crippen MR) is 64.3 cm³/mol. The number of hydrogen-bond acceptors (Lipinski definition) is 2. The van der Waals surface area contributed by atoms with Crippen LogP contribution in [-0.2, 0) is 5.88 Å². The van der Waals surface area contributed by atoms with Crippen molar-refractivity contribution < 1.29 is 5.11 Å². The third-order valence-electron chi connectivity index (χ3n) is 1.98. The van der Waals surface area contributed by atoms with Gasteiger partial charge in [-0.05, 0) is 17.7 Å². The van der Waals surface area contributed by atoms with Gasteiger partial charge in [-0.2, -0.15) is 0 Å². The van der Waals surface area contributed by atoms with E-state index in [1.54, 1.807) is 12.3 Å². The maximum absolute atomic E-state index is 9.49. The molecule has 2 aromatic rings. The fraction of sp³-hybridized carbons (Fsp3) is 0.250. The number of pyridine rings is 1. The Morgan fingerprint density at radius 1 is 1.27 bits per heavy atom. The summed E-state index contributed by atoms with van der Waals surface area (Å²) in [6, 6.07) is 7.16. The van der Waals surface area contributed by atoms with Crippen LogP contribution >= 0.6 is 11.6 Å². The first-order valence-electron chi connectivity index (χ1n) is 4.94. The highest BCUT2D eigenvalue weighted by Gasteiger charge is 2.03. The lowest BCUT2D eigenvalue weighted by Crippen LogP contribution is -1.84. The second kappa shape index (κ2) is 5.56. The van der Waals surface area contributed by atoms with E-state index in [0.717, 1.165) is 10.9 Å². The van der Waals surface area contributed by atoms with E-state index in [1.807, 2.05) is 32.0 Å². The summed E-state index contributed by atoms with van der Waals surface area (Å²) in [5, 5.41) is 10.4. The topological polar surface area (TPSA) is 33.1 Å². The number of benzene rings is 1. The molecule has 0 spiro atoms. The van der Waals surface area contributed by atoms with E-state index in [-0.39, 0.29) is 5.75 Å². The highest BCUT2D eigenvalue weighted by molar-refractivity contribution is 6.18. The van der Waals surface area contributed by atoms with Crippen LogP contribution in [0.4, 0.5) is 0 Å². The summed E-state index contributed by atoms with van der Waals surface area (Å²) < 4.78 is 0. The van der Waals surface area contributed by atoms with Gasteiger partial charge in [-0.25, -0.2) is 0 Å². The summed E-state index contributed by atoms with van der Waals surface area (Å²) in [6.07, 6.45) is 1.65. The van der Waals surface area contributed by atoms with Gasteiger partial charge in [0.1, 0.15) is 11.3 Å². The Bertz CT molecular complexity index is 443. The number of phenols is 1. The van der Waals surface area contributed by atoms with E-state index in [4.69, 9.17) is 11.6 Å². The zero-order valence-electron chi connectivity index (χ0n) is 8.87. The summed E-state index contributed by atoms with van der Waals surface area (Å²) in [4.78, 5) is 4.08. The predicted octanol–water partition coefficient (Wildman–Crippen LogP) is 3.71. The normalized spacial score (nSPS) is 9.53. The molecule has 3 heteroatoms. The number of hydrogen-bond donors (Lipinski definition) is 1. The van der Waals surface area contributed by atoms with Crippen molar-refractivity contribution in [2.24, 2.45) is 0 Å². The molecule has 1 heterocycles. The molecule has 0 bridgehead atoms. The molecule has 2 rings (SSSR count). The molecule has 80 valence electrons. The number of alkyl halides is 1. The van der Waals surface area contributed by atoms with Gasteiger partial charge in [0.15, 0.2) is 0 Å². The van der Waals surface area contributed by atoms with Crippen molar-refractivity contribution in [3.8, 4) is 5.75 Å². The molecule has 1 aromatic heterocycles. The molecule has 1 N–H and O–H groups in total. The summed E-state index contributed by atoms with van der Waals surface area (Å²) in [5.74, 6) is 0.632. The molecule has 0 aliphatic carbocycles. The molecule has 0 radical (unpaired) electrons. The minimum Gasteiger partial charge on any atom is -0.506 e. The van der Waals surface area contributed by atoms with Crippen LogP contribution in [0.15, 0.2) is 30.5 Å². The van der Waals surface area contributed by atoms with Gasteiger partial charge in [0.05, 0.1) is 0 Å². The molecule has 0 unspecified atom stereocenters. The fourth-order valence-corrected chi connectivity index (χ4v) is 1.57. The van der Waals surface area contributed by atoms with Crippen molar-refractivity contribution >= 4 is 22.5 Å². The number of aromatic nitrogens is 1. The van der Waals surface area contributed by atoms with Gasteiger partial charge in [0.2, 0.25) is 0 Å². The molecule has 0 atom stereocenters. The van der Waals surface area contributed by atoms with Crippen LogP contribution in [0.25, 0.3) is 10.9 Å². The zero-order chi connectivity index (χ0) is 11.3. The molecule has 0 saturated carbocycles. The lowest BCUT2D eigenvalue weighted by molar-refractivity contribution is 0.480. The van der Waals surface area contributed by atoms with Gasteiger partial charge >= 0.3 is 0 Å². The molecule has 0 amide bonds. The van der Waals surface area contributed by atoms with Gasteiger partial charge in [-0.1, -0.05) is 26.0 Å². The van der Waals surface area contributed by atoms with Crippen molar-refractivity contribution in [2.75, 3.05) is 0 Å². The minimum absolute atomic E-state index is 0.199. The SMILES string of the molecule is CC.Oc1ccc(CCl)c2cccnc12. The van der Waals surface area contributed by atoms with Crippen molar-refractivity contribution in [3.63, 3.8) is 0 Å². The van der Waals surface area contributed by atoms with E-state index in [0.29, 0.717) is 11.4 Å². The fourth-order valence-electron chi connectivity index (χ4n) is 1.33. The average Bonchev–Trinajstić information content (AvgIpc) is 2.33. The largest absolute Gasteiger partial charge is 0.506 e. The maximum atomic E-state index is 9.49. The van der Waals surface area contributed by atoms with Crippen LogP contribution in [0.1, 0.15) is 19.4 Å². The zero-order valence-corrected chi connectivity index (χ0v) is 9.62. The summed E-state index contributed by atoms with van der Waals surface area (Å²) in [6.45, 7) is 4.00. The first-order valence-corrected chi connectivity index (χ1v) is 5.48. The second-order valence-corrected chi connectivity index (χ2v) is 3.04. The Morgan fingerprint density at radius 3 is 2.67 bits per heavy atom.